The van der Waals surface area contributed by atoms with Crippen LogP contribution in [-0.4, -0.2) is 18.4 Å². The van der Waals surface area contributed by atoms with Crippen molar-refractivity contribution in [1.29, 1.82) is 0 Å². The first-order valence-corrected chi connectivity index (χ1v) is 7.23. The van der Waals surface area contributed by atoms with Crippen LogP contribution in [0, 0.1) is 5.92 Å². The van der Waals surface area contributed by atoms with Gasteiger partial charge in [-0.15, -0.1) is 0 Å². The Morgan fingerprint density at radius 2 is 1.72 bits per heavy atom. The summed E-state index contributed by atoms with van der Waals surface area (Å²) < 4.78 is 1.04. The molecule has 1 aromatic carbocycles. The second-order valence-electron chi connectivity index (χ2n) is 5.22. The molecule has 3 heteroatoms. The lowest BCUT2D eigenvalue weighted by molar-refractivity contribution is -0.123. The Bertz CT molecular complexity index is 384. The molecular weight excluding hydrogens is 290 g/mol. The van der Waals surface area contributed by atoms with Gasteiger partial charge in [-0.2, -0.15) is 0 Å². The van der Waals surface area contributed by atoms with Gasteiger partial charge in [0.15, 0.2) is 0 Å². The molecule has 1 rings (SSSR count). The first kappa shape index (κ1) is 15.4. The van der Waals surface area contributed by atoms with Crippen LogP contribution in [0.5, 0.6) is 0 Å². The largest absolute Gasteiger partial charge is 0.313 e. The molecular formula is C15H22BrNO. The molecule has 0 saturated carbocycles. The third-order valence-electron chi connectivity index (χ3n) is 2.92. The zero-order chi connectivity index (χ0) is 13.7. The fourth-order valence-corrected chi connectivity index (χ4v) is 2.10. The number of ketones is 1. The quantitative estimate of drug-likeness (QED) is 0.866. The van der Waals surface area contributed by atoms with E-state index in [4.69, 9.17) is 0 Å². The molecule has 0 spiro atoms. The second-order valence-corrected chi connectivity index (χ2v) is 6.14. The molecule has 100 valence electrons. The third kappa shape index (κ3) is 4.54. The summed E-state index contributed by atoms with van der Waals surface area (Å²) in [5, 5.41) is 3.36. The molecule has 0 aliphatic carbocycles. The standard InChI is InChI=1S/C15H22BrNO/c1-10(2)15(18)14(9-17-11(3)4)12-5-7-13(16)8-6-12/h5-8,10-11,14,17H,9H2,1-4H3. The highest BCUT2D eigenvalue weighted by Gasteiger charge is 2.22. The highest BCUT2D eigenvalue weighted by molar-refractivity contribution is 9.10. The summed E-state index contributed by atoms with van der Waals surface area (Å²) >= 11 is 3.42. The number of hydrogen-bond donors (Lipinski definition) is 1. The van der Waals surface area contributed by atoms with Crippen molar-refractivity contribution >= 4 is 21.7 Å². The van der Waals surface area contributed by atoms with Crippen molar-refractivity contribution < 1.29 is 4.79 Å². The topological polar surface area (TPSA) is 29.1 Å². The van der Waals surface area contributed by atoms with E-state index in [1.807, 2.05) is 38.1 Å². The Labute approximate surface area is 118 Å². The van der Waals surface area contributed by atoms with Crippen molar-refractivity contribution in [3.05, 3.63) is 34.3 Å². The minimum atomic E-state index is -0.0551. The van der Waals surface area contributed by atoms with Crippen molar-refractivity contribution in [2.24, 2.45) is 5.92 Å². The van der Waals surface area contributed by atoms with Crippen molar-refractivity contribution in [3.63, 3.8) is 0 Å². The number of rotatable bonds is 6. The van der Waals surface area contributed by atoms with E-state index in [0.717, 1.165) is 10.0 Å². The summed E-state index contributed by atoms with van der Waals surface area (Å²) in [5.41, 5.74) is 1.09. The number of carbonyl (C=O) groups excluding carboxylic acids is 1. The molecule has 0 aliphatic rings. The molecule has 1 atom stereocenters. The average Bonchev–Trinajstić information content (AvgIpc) is 2.30. The highest BCUT2D eigenvalue weighted by Crippen LogP contribution is 2.22. The molecule has 0 saturated heterocycles. The predicted molar refractivity (Wildman–Crippen MR) is 79.9 cm³/mol. The van der Waals surface area contributed by atoms with Crippen LogP contribution in [0.2, 0.25) is 0 Å². The van der Waals surface area contributed by atoms with Crippen LogP contribution in [0.25, 0.3) is 0 Å². The van der Waals surface area contributed by atoms with Gasteiger partial charge in [0.05, 0.1) is 5.92 Å². The number of halogens is 1. The van der Waals surface area contributed by atoms with E-state index >= 15 is 0 Å². The van der Waals surface area contributed by atoms with Gasteiger partial charge < -0.3 is 5.32 Å². The maximum atomic E-state index is 12.3. The minimum absolute atomic E-state index is 0.0551. The molecule has 0 bridgehead atoms. The van der Waals surface area contributed by atoms with Crippen molar-refractivity contribution in [3.8, 4) is 0 Å². The number of benzene rings is 1. The number of hydrogen-bond acceptors (Lipinski definition) is 2. The molecule has 1 N–H and O–H groups in total. The van der Waals surface area contributed by atoms with E-state index in [-0.39, 0.29) is 11.8 Å². The summed E-state index contributed by atoms with van der Waals surface area (Å²) in [6.45, 7) is 8.82. The van der Waals surface area contributed by atoms with E-state index in [9.17, 15) is 4.79 Å². The van der Waals surface area contributed by atoms with Gasteiger partial charge in [-0.25, -0.2) is 0 Å². The minimum Gasteiger partial charge on any atom is -0.313 e. The Hall–Kier alpha value is -0.670. The van der Waals surface area contributed by atoms with Crippen LogP contribution >= 0.6 is 15.9 Å². The van der Waals surface area contributed by atoms with Crippen molar-refractivity contribution in [2.45, 2.75) is 39.7 Å². The summed E-state index contributed by atoms with van der Waals surface area (Å²) in [6, 6.07) is 8.42. The van der Waals surface area contributed by atoms with E-state index in [1.165, 1.54) is 0 Å². The second kappa shape index (κ2) is 7.05. The van der Waals surface area contributed by atoms with Crippen LogP contribution < -0.4 is 5.32 Å². The monoisotopic (exact) mass is 311 g/mol. The maximum Gasteiger partial charge on any atom is 0.144 e. The lowest BCUT2D eigenvalue weighted by atomic mass is 9.88. The molecule has 0 aromatic heterocycles. The summed E-state index contributed by atoms with van der Waals surface area (Å²) in [4.78, 5) is 12.3. The summed E-state index contributed by atoms with van der Waals surface area (Å²) in [5.74, 6) is 0.304. The van der Waals surface area contributed by atoms with Crippen LogP contribution in [0.3, 0.4) is 0 Å². The SMILES string of the molecule is CC(C)NCC(C(=O)C(C)C)c1ccc(Br)cc1. The molecule has 0 fully saturated rings. The first-order valence-electron chi connectivity index (χ1n) is 6.44. The van der Waals surface area contributed by atoms with Crippen molar-refractivity contribution in [1.82, 2.24) is 5.32 Å². The van der Waals surface area contributed by atoms with Gasteiger partial charge in [-0.1, -0.05) is 55.8 Å². The third-order valence-corrected chi connectivity index (χ3v) is 3.44. The van der Waals surface area contributed by atoms with Gasteiger partial charge in [0.1, 0.15) is 5.78 Å². The van der Waals surface area contributed by atoms with Crippen LogP contribution in [0.1, 0.15) is 39.2 Å². The van der Waals surface area contributed by atoms with Crippen LogP contribution in [0.4, 0.5) is 0 Å². The first-order chi connectivity index (χ1) is 8.41. The molecule has 1 aromatic rings. The molecule has 0 amide bonds. The van der Waals surface area contributed by atoms with Gasteiger partial charge >= 0.3 is 0 Å². The Morgan fingerprint density at radius 1 is 1.17 bits per heavy atom. The van der Waals surface area contributed by atoms with E-state index in [0.29, 0.717) is 18.4 Å². The zero-order valence-corrected chi connectivity index (χ0v) is 13.1. The van der Waals surface area contributed by atoms with E-state index in [2.05, 4.69) is 35.1 Å². The van der Waals surface area contributed by atoms with E-state index in [1.54, 1.807) is 0 Å². The number of nitrogens with one attached hydrogen (secondary N) is 1. The molecule has 0 radical (unpaired) electrons. The normalized spacial score (nSPS) is 13.1. The zero-order valence-electron chi connectivity index (χ0n) is 11.5. The molecule has 18 heavy (non-hydrogen) atoms. The predicted octanol–water partition coefficient (Wildman–Crippen LogP) is 3.76. The van der Waals surface area contributed by atoms with Gasteiger partial charge in [0.25, 0.3) is 0 Å². The Morgan fingerprint density at radius 3 is 2.17 bits per heavy atom. The fraction of sp³-hybridized carbons (Fsp3) is 0.533. The lowest BCUT2D eigenvalue weighted by Crippen LogP contribution is -2.33. The lowest BCUT2D eigenvalue weighted by Gasteiger charge is -2.20. The van der Waals surface area contributed by atoms with Gasteiger partial charge in [0, 0.05) is 23.0 Å². The van der Waals surface area contributed by atoms with E-state index < -0.39 is 0 Å². The maximum absolute atomic E-state index is 12.3. The fourth-order valence-electron chi connectivity index (χ4n) is 1.83. The molecule has 2 nitrogen and oxygen atoms in total. The number of Topliss-reactive ketones (excluding diaryl/α,β-unsaturated/α-hetero) is 1. The van der Waals surface area contributed by atoms with Crippen molar-refractivity contribution in [2.75, 3.05) is 6.54 Å². The average molecular weight is 312 g/mol. The Balaban J connectivity index is 2.89. The summed E-state index contributed by atoms with van der Waals surface area (Å²) in [7, 11) is 0. The van der Waals surface area contributed by atoms with Gasteiger partial charge in [-0.3, -0.25) is 4.79 Å². The van der Waals surface area contributed by atoms with Gasteiger partial charge in [0.2, 0.25) is 0 Å². The number of carbonyl (C=O) groups is 1. The molecule has 1 unspecified atom stereocenters. The molecule has 0 aliphatic heterocycles. The van der Waals surface area contributed by atoms with Gasteiger partial charge in [-0.05, 0) is 17.7 Å². The van der Waals surface area contributed by atoms with Crippen LogP contribution in [-0.2, 0) is 4.79 Å². The smallest absolute Gasteiger partial charge is 0.144 e. The molecule has 0 heterocycles. The summed E-state index contributed by atoms with van der Waals surface area (Å²) in [6.07, 6.45) is 0. The van der Waals surface area contributed by atoms with Crippen LogP contribution in [0.15, 0.2) is 28.7 Å². The highest BCUT2D eigenvalue weighted by atomic mass is 79.9. The Kier molecular flexibility index (Phi) is 6.03.